The Kier molecular flexibility index (Phi) is 1.73. The molecule has 1 aliphatic heterocycles. The quantitative estimate of drug-likeness (QED) is 0.783. The van der Waals surface area contributed by atoms with Crippen molar-refractivity contribution in [1.29, 1.82) is 0 Å². The van der Waals surface area contributed by atoms with Crippen molar-refractivity contribution in [2.24, 2.45) is 0 Å². The summed E-state index contributed by atoms with van der Waals surface area (Å²) in [6.07, 6.45) is 1.53. The van der Waals surface area contributed by atoms with Crippen LogP contribution in [-0.4, -0.2) is 20.6 Å². The highest BCUT2D eigenvalue weighted by Gasteiger charge is 2.23. The minimum Gasteiger partial charge on any atom is -0.485 e. The van der Waals surface area contributed by atoms with Gasteiger partial charge in [0.25, 0.3) is 0 Å². The molecule has 0 atom stereocenters. The van der Waals surface area contributed by atoms with Gasteiger partial charge in [-0.2, -0.15) is 0 Å². The number of imidazole rings is 1. The van der Waals surface area contributed by atoms with E-state index in [9.17, 15) is 4.79 Å². The number of aromatic carboxylic acids is 1. The van der Waals surface area contributed by atoms with Crippen molar-refractivity contribution in [3.05, 3.63) is 42.0 Å². The minimum absolute atomic E-state index is 0.0192. The first-order chi connectivity index (χ1) is 7.77. The molecule has 0 aliphatic carbocycles. The molecule has 2 aromatic rings. The number of ether oxygens (including phenoxy) is 1. The number of aromatic nitrogens is 2. The van der Waals surface area contributed by atoms with Gasteiger partial charge < -0.3 is 9.84 Å². The van der Waals surface area contributed by atoms with Gasteiger partial charge in [0, 0.05) is 0 Å². The molecule has 1 N–H and O–H groups in total. The Bertz CT molecular complexity index is 574. The third-order valence-corrected chi connectivity index (χ3v) is 2.51. The Morgan fingerprint density at radius 2 is 2.25 bits per heavy atom. The molecule has 0 amide bonds. The van der Waals surface area contributed by atoms with Crippen molar-refractivity contribution in [2.75, 3.05) is 0 Å². The van der Waals surface area contributed by atoms with Crippen LogP contribution < -0.4 is 4.74 Å². The Morgan fingerprint density at radius 3 is 3.06 bits per heavy atom. The lowest BCUT2D eigenvalue weighted by atomic mass is 10.2. The van der Waals surface area contributed by atoms with Crippen molar-refractivity contribution in [2.45, 2.75) is 6.61 Å². The Balaban J connectivity index is 2.29. The maximum absolute atomic E-state index is 11.0. The third kappa shape index (κ3) is 1.11. The molecule has 16 heavy (non-hydrogen) atoms. The zero-order valence-corrected chi connectivity index (χ0v) is 8.25. The van der Waals surface area contributed by atoms with E-state index in [4.69, 9.17) is 9.84 Å². The summed E-state index contributed by atoms with van der Waals surface area (Å²) >= 11 is 0. The molecule has 0 bridgehead atoms. The van der Waals surface area contributed by atoms with Crippen LogP contribution in [0.5, 0.6) is 5.75 Å². The highest BCUT2D eigenvalue weighted by molar-refractivity contribution is 5.85. The number of hydrogen-bond acceptors (Lipinski definition) is 3. The fraction of sp³-hybridized carbons (Fsp3) is 0.0909. The van der Waals surface area contributed by atoms with Gasteiger partial charge >= 0.3 is 5.97 Å². The molecule has 0 radical (unpaired) electrons. The minimum atomic E-state index is -1.04. The maximum Gasteiger partial charge on any atom is 0.372 e. The Morgan fingerprint density at radius 1 is 1.44 bits per heavy atom. The molecule has 0 fully saturated rings. The molecule has 5 nitrogen and oxygen atoms in total. The summed E-state index contributed by atoms with van der Waals surface area (Å²) in [5.41, 5.74) is 1.47. The molecule has 1 aliphatic rings. The number of nitrogens with zero attached hydrogens (tertiary/aromatic N) is 2. The van der Waals surface area contributed by atoms with E-state index in [0.29, 0.717) is 12.4 Å². The highest BCUT2D eigenvalue weighted by Crippen LogP contribution is 2.30. The number of carboxylic acid groups (broad SMARTS) is 1. The largest absolute Gasteiger partial charge is 0.485 e. The number of carbonyl (C=O) groups is 1. The predicted octanol–water partition coefficient (Wildman–Crippen LogP) is 1.46. The third-order valence-electron chi connectivity index (χ3n) is 2.51. The smallest absolute Gasteiger partial charge is 0.372 e. The molecule has 1 aromatic heterocycles. The molecular formula is C11H8N2O3. The summed E-state index contributed by atoms with van der Waals surface area (Å²) in [7, 11) is 0. The summed E-state index contributed by atoms with van der Waals surface area (Å²) in [4.78, 5) is 14.9. The van der Waals surface area contributed by atoms with Gasteiger partial charge in [-0.1, -0.05) is 12.1 Å². The van der Waals surface area contributed by atoms with Crippen LogP contribution in [0.25, 0.3) is 5.69 Å². The summed E-state index contributed by atoms with van der Waals surface area (Å²) in [5, 5.41) is 9.03. The van der Waals surface area contributed by atoms with E-state index in [1.54, 1.807) is 4.57 Å². The maximum atomic E-state index is 11.0. The number of benzene rings is 1. The summed E-state index contributed by atoms with van der Waals surface area (Å²) in [6, 6.07) is 7.31. The van der Waals surface area contributed by atoms with Crippen LogP contribution in [0.4, 0.5) is 0 Å². The standard InChI is InChI=1S/C11H8N2O3/c14-11(15)10-12-5-7-6-16-9-4-2-1-3-8(9)13(7)10/h1-5H,6H2,(H,14,15). The van der Waals surface area contributed by atoms with Gasteiger partial charge in [-0.25, -0.2) is 9.78 Å². The number of carboxylic acids is 1. The van der Waals surface area contributed by atoms with Crippen LogP contribution in [0.15, 0.2) is 30.5 Å². The second-order valence-electron chi connectivity index (χ2n) is 3.47. The molecule has 0 spiro atoms. The van der Waals surface area contributed by atoms with Gasteiger partial charge in [-0.15, -0.1) is 0 Å². The van der Waals surface area contributed by atoms with Gasteiger partial charge in [-0.3, -0.25) is 4.57 Å². The van der Waals surface area contributed by atoms with Crippen LogP contribution >= 0.6 is 0 Å². The van der Waals surface area contributed by atoms with E-state index in [2.05, 4.69) is 4.98 Å². The normalized spacial score (nSPS) is 12.5. The SMILES string of the molecule is O=C(O)c1ncc2n1-c1ccccc1OC2. The van der Waals surface area contributed by atoms with E-state index < -0.39 is 5.97 Å². The summed E-state index contributed by atoms with van der Waals surface area (Å²) in [6.45, 7) is 0.345. The summed E-state index contributed by atoms with van der Waals surface area (Å²) in [5.74, 6) is -0.343. The van der Waals surface area contributed by atoms with E-state index >= 15 is 0 Å². The van der Waals surface area contributed by atoms with E-state index in [1.807, 2.05) is 24.3 Å². The van der Waals surface area contributed by atoms with Crippen molar-refractivity contribution in [1.82, 2.24) is 9.55 Å². The lowest BCUT2D eigenvalue weighted by molar-refractivity contribution is 0.0680. The number of fused-ring (bicyclic) bond motifs is 3. The second kappa shape index (κ2) is 3.10. The highest BCUT2D eigenvalue weighted by atomic mass is 16.5. The molecule has 5 heteroatoms. The molecule has 1 aromatic carbocycles. The molecule has 2 heterocycles. The second-order valence-corrected chi connectivity index (χ2v) is 3.47. The Hall–Kier alpha value is -2.30. The van der Waals surface area contributed by atoms with Gasteiger partial charge in [-0.05, 0) is 12.1 Å². The van der Waals surface area contributed by atoms with Crippen molar-refractivity contribution in [3.63, 3.8) is 0 Å². The van der Waals surface area contributed by atoms with Crippen molar-refractivity contribution in [3.8, 4) is 11.4 Å². The number of para-hydroxylation sites is 2. The molecule has 0 saturated heterocycles. The lowest BCUT2D eigenvalue weighted by Gasteiger charge is -2.20. The molecular weight excluding hydrogens is 208 g/mol. The first-order valence-electron chi connectivity index (χ1n) is 4.79. The Labute approximate surface area is 90.9 Å². The summed E-state index contributed by atoms with van der Waals surface area (Å²) < 4.78 is 7.10. The first-order valence-corrected chi connectivity index (χ1v) is 4.79. The fourth-order valence-corrected chi connectivity index (χ4v) is 1.82. The monoisotopic (exact) mass is 216 g/mol. The van der Waals surface area contributed by atoms with Crippen LogP contribution in [0.1, 0.15) is 16.3 Å². The lowest BCUT2D eigenvalue weighted by Crippen LogP contribution is -2.16. The van der Waals surface area contributed by atoms with E-state index in [0.717, 1.165) is 11.4 Å². The predicted molar refractivity (Wildman–Crippen MR) is 54.9 cm³/mol. The van der Waals surface area contributed by atoms with Crippen LogP contribution in [-0.2, 0) is 6.61 Å². The van der Waals surface area contributed by atoms with E-state index in [1.165, 1.54) is 6.20 Å². The molecule has 3 rings (SSSR count). The van der Waals surface area contributed by atoms with E-state index in [-0.39, 0.29) is 5.82 Å². The molecule has 80 valence electrons. The van der Waals surface area contributed by atoms with Crippen LogP contribution in [0, 0.1) is 0 Å². The topological polar surface area (TPSA) is 64.3 Å². The average Bonchev–Trinajstić information content (AvgIpc) is 2.73. The van der Waals surface area contributed by atoms with Crippen LogP contribution in [0.3, 0.4) is 0 Å². The zero-order chi connectivity index (χ0) is 11.1. The van der Waals surface area contributed by atoms with Gasteiger partial charge in [0.2, 0.25) is 5.82 Å². The molecule has 0 saturated carbocycles. The first kappa shape index (κ1) is 8.96. The van der Waals surface area contributed by atoms with Gasteiger partial charge in [0.05, 0.1) is 17.6 Å². The fourth-order valence-electron chi connectivity index (χ4n) is 1.82. The van der Waals surface area contributed by atoms with Gasteiger partial charge in [0.15, 0.2) is 0 Å². The van der Waals surface area contributed by atoms with Crippen LogP contribution in [0.2, 0.25) is 0 Å². The number of rotatable bonds is 1. The van der Waals surface area contributed by atoms with Crippen molar-refractivity contribution >= 4 is 5.97 Å². The van der Waals surface area contributed by atoms with Gasteiger partial charge in [0.1, 0.15) is 12.4 Å². The molecule has 0 unspecified atom stereocenters. The number of hydrogen-bond donors (Lipinski definition) is 1. The zero-order valence-electron chi connectivity index (χ0n) is 8.25. The van der Waals surface area contributed by atoms with Crippen molar-refractivity contribution < 1.29 is 14.6 Å². The average molecular weight is 216 g/mol.